The molecule has 65 heavy (non-hydrogen) atoms. The van der Waals surface area contributed by atoms with Gasteiger partial charge in [0.1, 0.15) is 11.9 Å². The summed E-state index contributed by atoms with van der Waals surface area (Å²) in [6.45, 7) is 23.5. The van der Waals surface area contributed by atoms with Crippen LogP contribution in [0.2, 0.25) is 5.82 Å². The van der Waals surface area contributed by atoms with Crippen molar-refractivity contribution in [3.8, 4) is 0 Å². The van der Waals surface area contributed by atoms with Crippen molar-refractivity contribution in [3.05, 3.63) is 0 Å². The number of likely N-dealkylation sites (tertiary alicyclic amines) is 1. The molecule has 0 spiro atoms. The Morgan fingerprint density at radius 2 is 0.969 bits per heavy atom. The van der Waals surface area contributed by atoms with E-state index in [2.05, 4.69) is 58.1 Å². The van der Waals surface area contributed by atoms with Crippen molar-refractivity contribution >= 4 is 31.2 Å². The number of unbranched alkanes of at least 4 members (excludes halogenated alkanes) is 24. The van der Waals surface area contributed by atoms with Gasteiger partial charge in [0.05, 0.1) is 12.3 Å². The molecule has 1 radical (unpaired) electrons. The summed E-state index contributed by atoms with van der Waals surface area (Å²) in [5.74, 6) is 1.73. The molecule has 0 aromatic rings. The van der Waals surface area contributed by atoms with Crippen molar-refractivity contribution in [3.63, 3.8) is 0 Å². The minimum atomic E-state index is -0.0127. The molecule has 1 aliphatic rings. The third-order valence-electron chi connectivity index (χ3n) is 12.0. The molecule has 1 aliphatic heterocycles. The maximum Gasteiger partial charge on any atom is 0.306 e. The van der Waals surface area contributed by atoms with Crippen molar-refractivity contribution in [1.82, 2.24) is 4.90 Å². The fourth-order valence-electron chi connectivity index (χ4n) is 8.23. The van der Waals surface area contributed by atoms with E-state index in [9.17, 15) is 19.2 Å². The maximum absolute atomic E-state index is 12.3. The van der Waals surface area contributed by atoms with E-state index in [4.69, 9.17) is 4.74 Å². The molecule has 1 rings (SSSR count). The molecule has 1 unspecified atom stereocenters. The standard InChI is InChI=1S/C26H50O4.C25H47BNO2.C4H10.C2H6/c1-3-5-7-9-12-16-20-25(21-17-13-10-8-6-4-2)30-26(28)22-18-14-11-15-19-23-29-24-27;1-3-5-6-7-8-9-10-11-12-13-17-24(28)18-14-15-20-27-21-19-23(22-27)26-25(29)16-4-2;1-4(2)3;1-2/h24-25H,3-23H2,1-2H3;23H,3-22H2,1-2H3;4H,1-3H3;1-2H3. The Kier molecular flexibility index (Phi) is 58.9. The van der Waals surface area contributed by atoms with Gasteiger partial charge in [0.25, 0.3) is 6.47 Å². The predicted molar refractivity (Wildman–Crippen MR) is 283 cm³/mol. The molecule has 8 heteroatoms. The second-order valence-electron chi connectivity index (χ2n) is 19.6. The Labute approximate surface area is 407 Å². The summed E-state index contributed by atoms with van der Waals surface area (Å²) in [5, 5.41) is 0. The van der Waals surface area contributed by atoms with E-state index in [0.29, 0.717) is 43.2 Å². The van der Waals surface area contributed by atoms with Crippen LogP contribution in [0.1, 0.15) is 300 Å². The minimum absolute atomic E-state index is 0.0127. The largest absolute Gasteiger partial charge is 0.468 e. The van der Waals surface area contributed by atoms with Crippen LogP contribution in [0.5, 0.6) is 0 Å². The van der Waals surface area contributed by atoms with Crippen LogP contribution in [0.25, 0.3) is 0 Å². The van der Waals surface area contributed by atoms with Crippen molar-refractivity contribution in [1.29, 1.82) is 0 Å². The van der Waals surface area contributed by atoms with Crippen LogP contribution in [0.3, 0.4) is 0 Å². The Bertz CT molecular complexity index is 974. The average molecular weight is 919 g/mol. The lowest BCUT2D eigenvalue weighted by atomic mass is 9.59. The summed E-state index contributed by atoms with van der Waals surface area (Å²) in [6, 6.07) is 0. The van der Waals surface area contributed by atoms with E-state index in [0.717, 1.165) is 115 Å². The van der Waals surface area contributed by atoms with Gasteiger partial charge < -0.3 is 19.2 Å². The Morgan fingerprint density at radius 1 is 0.554 bits per heavy atom. The van der Waals surface area contributed by atoms with E-state index in [1.54, 1.807) is 0 Å². The molecule has 0 saturated carbocycles. The Morgan fingerprint density at radius 3 is 1.43 bits per heavy atom. The van der Waals surface area contributed by atoms with Gasteiger partial charge in [0.15, 0.2) is 0 Å². The molecule has 385 valence electrons. The van der Waals surface area contributed by atoms with Gasteiger partial charge in [-0.3, -0.25) is 14.4 Å². The third-order valence-corrected chi connectivity index (χ3v) is 12.0. The number of carbonyl (C=O) groups is 4. The van der Waals surface area contributed by atoms with E-state index in [-0.39, 0.29) is 12.1 Å². The number of esters is 1. The molecule has 1 fully saturated rings. The number of hydrogen-bond acceptors (Lipinski definition) is 7. The lowest BCUT2D eigenvalue weighted by molar-refractivity contribution is -0.150. The topological polar surface area (TPSA) is 90.0 Å². The maximum atomic E-state index is 12.3. The normalized spacial score (nSPS) is 13.3. The molecule has 0 amide bonds. The zero-order valence-corrected chi connectivity index (χ0v) is 45.3. The molecule has 1 atom stereocenters. The molecule has 1 saturated heterocycles. The van der Waals surface area contributed by atoms with Gasteiger partial charge in [-0.25, -0.2) is 0 Å². The number of hydrogen-bond donors (Lipinski definition) is 0. The van der Waals surface area contributed by atoms with E-state index >= 15 is 0 Å². The molecule has 1 heterocycles. The summed E-state index contributed by atoms with van der Waals surface area (Å²) < 4.78 is 10.6. The highest BCUT2D eigenvalue weighted by Crippen LogP contribution is 2.22. The van der Waals surface area contributed by atoms with Crippen LogP contribution >= 0.6 is 0 Å². The van der Waals surface area contributed by atoms with Gasteiger partial charge in [-0.1, -0.05) is 210 Å². The minimum Gasteiger partial charge on any atom is -0.468 e. The van der Waals surface area contributed by atoms with Crippen molar-refractivity contribution in [2.75, 3.05) is 26.2 Å². The zero-order valence-electron chi connectivity index (χ0n) is 45.3. The highest BCUT2D eigenvalue weighted by atomic mass is 16.5. The SMILES string of the molecule is CC.CC(C)C.CCCCCCCCC(CCCCCCCC)OC(=O)CCCCCCCOC=O.CCCCCCCCCCCCC(=O)CCCCN1CCC([B]C(=O)CCC)C1. The fourth-order valence-corrected chi connectivity index (χ4v) is 8.23. The van der Waals surface area contributed by atoms with Crippen LogP contribution in [0.15, 0.2) is 0 Å². The second-order valence-corrected chi connectivity index (χ2v) is 19.6. The van der Waals surface area contributed by atoms with Gasteiger partial charge in [-0.2, -0.15) is 0 Å². The lowest BCUT2D eigenvalue weighted by Gasteiger charge is -2.18. The first-order valence-electron chi connectivity index (χ1n) is 28.5. The van der Waals surface area contributed by atoms with Crippen molar-refractivity contribution in [2.24, 2.45) is 5.92 Å². The van der Waals surface area contributed by atoms with Crippen molar-refractivity contribution < 1.29 is 28.7 Å². The molecule has 0 aliphatic carbocycles. The quantitative estimate of drug-likeness (QED) is 0.0260. The first-order chi connectivity index (χ1) is 31.6. The molecule has 0 aromatic carbocycles. The fraction of sp³-hybridized carbons (Fsp3) is 0.930. The number of ketones is 1. The highest BCUT2D eigenvalue weighted by molar-refractivity contribution is 6.75. The average Bonchev–Trinajstić information content (AvgIpc) is 3.73. The molecular formula is C57H113BNO6. The molecule has 0 aromatic heterocycles. The van der Waals surface area contributed by atoms with Gasteiger partial charge in [0, 0.05) is 19.3 Å². The zero-order chi connectivity index (χ0) is 48.9. The molecule has 7 nitrogen and oxygen atoms in total. The summed E-state index contributed by atoms with van der Waals surface area (Å²) in [7, 11) is 1.96. The lowest BCUT2D eigenvalue weighted by Crippen LogP contribution is -2.23. The number of nitrogens with zero attached hydrogens (tertiary/aromatic N) is 1. The van der Waals surface area contributed by atoms with Crippen LogP contribution in [-0.2, 0) is 28.7 Å². The summed E-state index contributed by atoms with van der Waals surface area (Å²) in [4.78, 5) is 48.6. The Balaban J connectivity index is -0.00000105. The third kappa shape index (κ3) is 56.5. The number of Topliss-reactive ketones (excluding diaryl/α,β-unsaturated/α-hetero) is 1. The summed E-state index contributed by atoms with van der Waals surface area (Å²) in [5.41, 5.74) is 0.317. The number of carbonyl (C=O) groups excluding carboxylic acids is 4. The second kappa shape index (κ2) is 56.6. The first kappa shape index (κ1) is 67.6. The Hall–Kier alpha value is -1.70. The van der Waals surface area contributed by atoms with E-state index in [1.165, 1.54) is 135 Å². The number of rotatable bonds is 44. The van der Waals surface area contributed by atoms with E-state index in [1.807, 2.05) is 21.1 Å². The van der Waals surface area contributed by atoms with Crippen LogP contribution in [-0.4, -0.2) is 68.4 Å². The van der Waals surface area contributed by atoms with E-state index < -0.39 is 0 Å². The van der Waals surface area contributed by atoms with Crippen LogP contribution in [0, 0.1) is 5.92 Å². The van der Waals surface area contributed by atoms with Gasteiger partial charge in [-0.05, 0) is 102 Å². The van der Waals surface area contributed by atoms with Crippen LogP contribution in [0.4, 0.5) is 0 Å². The predicted octanol–water partition coefficient (Wildman–Crippen LogP) is 17.2. The smallest absolute Gasteiger partial charge is 0.306 e. The van der Waals surface area contributed by atoms with Gasteiger partial charge >= 0.3 is 5.97 Å². The molecular weight excluding hydrogens is 805 g/mol. The van der Waals surface area contributed by atoms with Gasteiger partial charge in [0.2, 0.25) is 7.28 Å². The summed E-state index contributed by atoms with van der Waals surface area (Å²) >= 11 is 0. The molecule has 0 N–H and O–H groups in total. The molecule has 0 bridgehead atoms. The van der Waals surface area contributed by atoms with Gasteiger partial charge in [-0.15, -0.1) is 0 Å². The first-order valence-corrected chi connectivity index (χ1v) is 28.5. The van der Waals surface area contributed by atoms with Crippen molar-refractivity contribution in [2.45, 2.75) is 312 Å². The van der Waals surface area contributed by atoms with Crippen LogP contribution < -0.4 is 0 Å². The summed E-state index contributed by atoms with van der Waals surface area (Å²) in [6.07, 6.45) is 42.8. The number of ether oxygens (including phenoxy) is 2. The highest BCUT2D eigenvalue weighted by Gasteiger charge is 2.25. The monoisotopic (exact) mass is 919 g/mol.